The number of hydrogen-bond donors (Lipinski definition) is 2. The molecule has 26 heavy (non-hydrogen) atoms. The Morgan fingerprint density at radius 1 is 1.19 bits per heavy atom. The molecule has 2 N–H and O–H groups in total. The molecule has 0 bridgehead atoms. The third-order valence-electron chi connectivity index (χ3n) is 4.19. The van der Waals surface area contributed by atoms with Gasteiger partial charge < -0.3 is 10.6 Å². The number of carbonyl (C=O) groups excluding carboxylic acids is 2. The fourth-order valence-electron chi connectivity index (χ4n) is 2.88. The molecule has 0 aliphatic heterocycles. The van der Waals surface area contributed by atoms with E-state index in [4.69, 9.17) is 0 Å². The van der Waals surface area contributed by atoms with Crippen molar-refractivity contribution < 1.29 is 9.59 Å². The van der Waals surface area contributed by atoms with Crippen LogP contribution in [0.2, 0.25) is 0 Å². The van der Waals surface area contributed by atoms with Gasteiger partial charge in [-0.3, -0.25) is 9.59 Å². The van der Waals surface area contributed by atoms with Gasteiger partial charge in [-0.05, 0) is 38.7 Å². The fourth-order valence-corrected chi connectivity index (χ4v) is 3.94. The summed E-state index contributed by atoms with van der Waals surface area (Å²) in [6, 6.07) is 5.65. The third-order valence-corrected chi connectivity index (χ3v) is 5.38. The number of carbonyl (C=O) groups is 2. The molecular formula is C20H27N3O2S. The zero-order valence-corrected chi connectivity index (χ0v) is 17.1. The number of hydrogen-bond acceptors (Lipinski definition) is 4. The summed E-state index contributed by atoms with van der Waals surface area (Å²) in [4.78, 5) is 29.9. The van der Waals surface area contributed by atoms with Crippen LogP contribution >= 0.6 is 11.3 Å². The van der Waals surface area contributed by atoms with Crippen LogP contribution in [0, 0.1) is 26.7 Å². The SMILES string of the molecule is CNC(=O)C(CC(C)C)NC(=O)c1sc(-c2ccc(C)cc2C)nc1C. The second-order valence-corrected chi connectivity index (χ2v) is 8.02. The maximum Gasteiger partial charge on any atom is 0.263 e. The first-order valence-corrected chi connectivity index (χ1v) is 9.62. The summed E-state index contributed by atoms with van der Waals surface area (Å²) in [5.41, 5.74) is 4.05. The molecule has 0 aliphatic carbocycles. The molecule has 0 spiro atoms. The summed E-state index contributed by atoms with van der Waals surface area (Å²) in [6.45, 7) is 9.98. The van der Waals surface area contributed by atoms with E-state index in [1.54, 1.807) is 7.05 Å². The van der Waals surface area contributed by atoms with Crippen LogP contribution in [0.15, 0.2) is 18.2 Å². The van der Waals surface area contributed by atoms with Gasteiger partial charge in [0.05, 0.1) is 5.69 Å². The van der Waals surface area contributed by atoms with E-state index < -0.39 is 6.04 Å². The Morgan fingerprint density at radius 2 is 1.88 bits per heavy atom. The number of thiazole rings is 1. The number of aromatic nitrogens is 1. The van der Waals surface area contributed by atoms with Gasteiger partial charge in [-0.1, -0.05) is 37.6 Å². The van der Waals surface area contributed by atoms with Gasteiger partial charge in [0.1, 0.15) is 15.9 Å². The molecule has 2 amide bonds. The lowest BCUT2D eigenvalue weighted by molar-refractivity contribution is -0.122. The van der Waals surface area contributed by atoms with E-state index in [2.05, 4.69) is 28.6 Å². The monoisotopic (exact) mass is 373 g/mol. The number of nitrogens with one attached hydrogen (secondary N) is 2. The fraction of sp³-hybridized carbons (Fsp3) is 0.450. The lowest BCUT2D eigenvalue weighted by Gasteiger charge is -2.18. The number of aryl methyl sites for hydroxylation is 3. The van der Waals surface area contributed by atoms with Crippen LogP contribution < -0.4 is 10.6 Å². The molecule has 5 nitrogen and oxygen atoms in total. The zero-order chi connectivity index (χ0) is 19.4. The maximum atomic E-state index is 12.7. The highest BCUT2D eigenvalue weighted by molar-refractivity contribution is 7.17. The van der Waals surface area contributed by atoms with E-state index in [0.717, 1.165) is 16.1 Å². The zero-order valence-electron chi connectivity index (χ0n) is 16.3. The highest BCUT2D eigenvalue weighted by atomic mass is 32.1. The standard InChI is InChI=1S/C20H27N3O2S/c1-11(2)9-16(18(24)21-6)23-19(25)17-14(5)22-20(26-17)15-8-7-12(3)10-13(15)4/h7-8,10-11,16H,9H2,1-6H3,(H,21,24)(H,23,25). The highest BCUT2D eigenvalue weighted by Gasteiger charge is 2.24. The first-order chi connectivity index (χ1) is 12.2. The lowest BCUT2D eigenvalue weighted by Crippen LogP contribution is -2.46. The van der Waals surface area contributed by atoms with Gasteiger partial charge in [0.2, 0.25) is 5.91 Å². The molecule has 0 saturated carbocycles. The molecular weight excluding hydrogens is 346 g/mol. The smallest absolute Gasteiger partial charge is 0.263 e. The topological polar surface area (TPSA) is 71.1 Å². The Balaban J connectivity index is 2.26. The van der Waals surface area contributed by atoms with Crippen LogP contribution in [0.3, 0.4) is 0 Å². The van der Waals surface area contributed by atoms with E-state index in [-0.39, 0.29) is 11.8 Å². The van der Waals surface area contributed by atoms with E-state index in [1.165, 1.54) is 16.9 Å². The van der Waals surface area contributed by atoms with Gasteiger partial charge in [-0.15, -0.1) is 11.3 Å². The molecule has 140 valence electrons. The van der Waals surface area contributed by atoms with Crippen LogP contribution in [0.25, 0.3) is 10.6 Å². The van der Waals surface area contributed by atoms with Crippen molar-refractivity contribution in [1.82, 2.24) is 15.6 Å². The van der Waals surface area contributed by atoms with Crippen molar-refractivity contribution in [2.24, 2.45) is 5.92 Å². The molecule has 1 aromatic carbocycles. The quantitative estimate of drug-likeness (QED) is 0.812. The molecule has 0 fully saturated rings. The van der Waals surface area contributed by atoms with Crippen molar-refractivity contribution in [2.75, 3.05) is 7.05 Å². The van der Waals surface area contributed by atoms with Gasteiger partial charge >= 0.3 is 0 Å². The second kappa shape index (κ2) is 8.45. The highest BCUT2D eigenvalue weighted by Crippen LogP contribution is 2.30. The predicted octanol–water partition coefficient (Wildman–Crippen LogP) is 3.63. The molecule has 0 aliphatic rings. The predicted molar refractivity (Wildman–Crippen MR) is 107 cm³/mol. The van der Waals surface area contributed by atoms with Crippen LogP contribution in [0.5, 0.6) is 0 Å². The molecule has 2 aromatic rings. The Kier molecular flexibility index (Phi) is 6.53. The van der Waals surface area contributed by atoms with E-state index in [1.807, 2.05) is 39.8 Å². The molecule has 6 heteroatoms. The minimum atomic E-state index is -0.543. The molecule has 0 radical (unpaired) electrons. The molecule has 1 unspecified atom stereocenters. The van der Waals surface area contributed by atoms with E-state index in [0.29, 0.717) is 22.9 Å². The Morgan fingerprint density at radius 3 is 2.46 bits per heavy atom. The van der Waals surface area contributed by atoms with Crippen molar-refractivity contribution in [3.05, 3.63) is 39.9 Å². The van der Waals surface area contributed by atoms with E-state index >= 15 is 0 Å². The van der Waals surface area contributed by atoms with Crippen LogP contribution in [-0.2, 0) is 4.79 Å². The average molecular weight is 374 g/mol. The van der Waals surface area contributed by atoms with Gasteiger partial charge in [-0.2, -0.15) is 0 Å². The maximum absolute atomic E-state index is 12.7. The van der Waals surface area contributed by atoms with Crippen molar-refractivity contribution in [1.29, 1.82) is 0 Å². The normalized spacial score (nSPS) is 12.1. The lowest BCUT2D eigenvalue weighted by atomic mass is 10.0. The van der Waals surface area contributed by atoms with Gasteiger partial charge in [0.15, 0.2) is 0 Å². The molecule has 0 saturated heterocycles. The van der Waals surface area contributed by atoms with Crippen molar-refractivity contribution >= 4 is 23.2 Å². The Hall–Kier alpha value is -2.21. The average Bonchev–Trinajstić information content (AvgIpc) is 2.94. The minimum Gasteiger partial charge on any atom is -0.357 e. The second-order valence-electron chi connectivity index (χ2n) is 7.02. The third kappa shape index (κ3) is 4.69. The molecule has 1 heterocycles. The molecule has 1 aromatic heterocycles. The van der Waals surface area contributed by atoms with Gasteiger partial charge in [-0.25, -0.2) is 4.98 Å². The van der Waals surface area contributed by atoms with E-state index in [9.17, 15) is 9.59 Å². The first-order valence-electron chi connectivity index (χ1n) is 8.80. The van der Waals surface area contributed by atoms with Crippen molar-refractivity contribution in [3.8, 4) is 10.6 Å². The summed E-state index contributed by atoms with van der Waals surface area (Å²) in [7, 11) is 1.58. The summed E-state index contributed by atoms with van der Waals surface area (Å²) in [6.07, 6.45) is 0.590. The minimum absolute atomic E-state index is 0.177. The number of benzene rings is 1. The van der Waals surface area contributed by atoms with Crippen molar-refractivity contribution in [3.63, 3.8) is 0 Å². The number of likely N-dealkylation sites (N-methyl/N-ethyl adjacent to an activating group) is 1. The summed E-state index contributed by atoms with van der Waals surface area (Å²) in [5.74, 6) is -0.125. The molecule has 2 rings (SSSR count). The Bertz CT molecular complexity index is 811. The molecule has 1 atom stereocenters. The number of nitrogens with zero attached hydrogens (tertiary/aromatic N) is 1. The summed E-state index contributed by atoms with van der Waals surface area (Å²) >= 11 is 1.37. The summed E-state index contributed by atoms with van der Waals surface area (Å²) in [5, 5.41) is 6.31. The van der Waals surface area contributed by atoms with Crippen LogP contribution in [-0.4, -0.2) is 29.9 Å². The summed E-state index contributed by atoms with van der Waals surface area (Å²) < 4.78 is 0. The number of amides is 2. The van der Waals surface area contributed by atoms with Crippen molar-refractivity contribution in [2.45, 2.75) is 47.1 Å². The Labute approximate surface area is 159 Å². The first kappa shape index (κ1) is 20.1. The van der Waals surface area contributed by atoms with Crippen LogP contribution in [0.4, 0.5) is 0 Å². The van der Waals surface area contributed by atoms with Gasteiger partial charge in [0.25, 0.3) is 5.91 Å². The largest absolute Gasteiger partial charge is 0.357 e. The number of rotatable bonds is 6. The van der Waals surface area contributed by atoms with Crippen LogP contribution in [0.1, 0.15) is 46.8 Å². The van der Waals surface area contributed by atoms with Gasteiger partial charge in [0, 0.05) is 12.6 Å².